The Morgan fingerprint density at radius 3 is 2.42 bits per heavy atom. The molecule has 0 bridgehead atoms. The SMILES string of the molecule is CC1=C(C(=O)N(C)C)[C@H](c2ccc(C)c(C)c2)NC(=S)N1C1CC1. The fourth-order valence-corrected chi connectivity index (χ4v) is 3.65. The van der Waals surface area contributed by atoms with Crippen molar-refractivity contribution in [2.75, 3.05) is 14.1 Å². The van der Waals surface area contributed by atoms with E-state index in [2.05, 4.69) is 42.3 Å². The summed E-state index contributed by atoms with van der Waals surface area (Å²) in [6, 6.07) is 6.59. The molecule has 1 amide bonds. The van der Waals surface area contributed by atoms with E-state index in [1.165, 1.54) is 11.1 Å². The fourth-order valence-electron chi connectivity index (χ4n) is 3.24. The van der Waals surface area contributed by atoms with Crippen LogP contribution in [-0.2, 0) is 4.79 Å². The van der Waals surface area contributed by atoms with Crippen LogP contribution in [-0.4, -0.2) is 41.0 Å². The lowest BCUT2D eigenvalue weighted by Gasteiger charge is -2.39. The summed E-state index contributed by atoms with van der Waals surface area (Å²) in [7, 11) is 3.60. The molecule has 0 aromatic heterocycles. The van der Waals surface area contributed by atoms with Crippen molar-refractivity contribution in [1.29, 1.82) is 0 Å². The molecule has 1 N–H and O–H groups in total. The van der Waals surface area contributed by atoms with Crippen molar-refractivity contribution in [3.63, 3.8) is 0 Å². The summed E-state index contributed by atoms with van der Waals surface area (Å²) in [5.41, 5.74) is 5.34. The number of nitrogens with one attached hydrogen (secondary N) is 1. The van der Waals surface area contributed by atoms with E-state index in [1.54, 1.807) is 19.0 Å². The molecule has 2 aliphatic rings. The molecule has 1 saturated carbocycles. The Hall–Kier alpha value is -1.88. The monoisotopic (exact) mass is 343 g/mol. The molecule has 5 heteroatoms. The fraction of sp³-hybridized carbons (Fsp3) is 0.474. The van der Waals surface area contributed by atoms with Crippen LogP contribution in [0, 0.1) is 13.8 Å². The van der Waals surface area contributed by atoms with Gasteiger partial charge in [-0.3, -0.25) is 4.79 Å². The number of carbonyl (C=O) groups excluding carboxylic acids is 1. The van der Waals surface area contributed by atoms with Crippen LogP contribution in [0.4, 0.5) is 0 Å². The van der Waals surface area contributed by atoms with Crippen molar-refractivity contribution < 1.29 is 4.79 Å². The van der Waals surface area contributed by atoms with Crippen LogP contribution in [0.5, 0.6) is 0 Å². The smallest absolute Gasteiger partial charge is 0.253 e. The summed E-state index contributed by atoms with van der Waals surface area (Å²) in [4.78, 5) is 16.7. The van der Waals surface area contributed by atoms with E-state index in [1.807, 2.05) is 6.92 Å². The first-order valence-corrected chi connectivity index (χ1v) is 8.81. The second kappa shape index (κ2) is 6.20. The standard InChI is InChI=1S/C19H25N3OS/c1-11-6-7-14(10-12(11)2)17-16(18(23)21(4)5)13(3)22(15-8-9-15)19(24)20-17/h6-7,10,15,17H,8-9H2,1-5H3,(H,20,24)/t17-/m0/s1. The molecule has 1 aliphatic heterocycles. The topological polar surface area (TPSA) is 35.6 Å². The van der Waals surface area contributed by atoms with Gasteiger partial charge in [0.2, 0.25) is 0 Å². The average Bonchev–Trinajstić information content (AvgIpc) is 3.33. The van der Waals surface area contributed by atoms with Crippen molar-refractivity contribution in [1.82, 2.24) is 15.1 Å². The number of amides is 1. The van der Waals surface area contributed by atoms with Crippen molar-refractivity contribution >= 4 is 23.2 Å². The van der Waals surface area contributed by atoms with Crippen molar-refractivity contribution in [3.05, 3.63) is 46.2 Å². The molecule has 1 atom stereocenters. The van der Waals surface area contributed by atoms with Gasteiger partial charge >= 0.3 is 0 Å². The molecule has 1 fully saturated rings. The lowest BCUT2D eigenvalue weighted by atomic mass is 9.92. The second-order valence-electron chi connectivity index (χ2n) is 7.03. The zero-order valence-corrected chi connectivity index (χ0v) is 15.8. The molecule has 1 heterocycles. The Kier molecular flexibility index (Phi) is 4.38. The van der Waals surface area contributed by atoms with Gasteiger partial charge < -0.3 is 15.1 Å². The third kappa shape index (κ3) is 2.93. The largest absolute Gasteiger partial charge is 0.351 e. The Morgan fingerprint density at radius 1 is 1.21 bits per heavy atom. The molecule has 3 rings (SSSR count). The molecule has 0 spiro atoms. The first kappa shape index (κ1) is 17.0. The van der Waals surface area contributed by atoms with Gasteiger partial charge in [0.05, 0.1) is 11.6 Å². The van der Waals surface area contributed by atoms with Crippen LogP contribution < -0.4 is 5.32 Å². The number of hydrogen-bond donors (Lipinski definition) is 1. The van der Waals surface area contributed by atoms with Gasteiger partial charge in [0.25, 0.3) is 5.91 Å². The minimum atomic E-state index is -0.193. The number of nitrogens with zero attached hydrogens (tertiary/aromatic N) is 2. The third-order valence-corrected chi connectivity index (χ3v) is 5.25. The number of thiocarbonyl (C=S) groups is 1. The van der Waals surface area contributed by atoms with Crippen LogP contribution in [0.15, 0.2) is 29.5 Å². The number of carbonyl (C=O) groups is 1. The number of benzene rings is 1. The van der Waals surface area contributed by atoms with Crippen molar-refractivity contribution in [2.24, 2.45) is 0 Å². The first-order chi connectivity index (χ1) is 11.3. The van der Waals surface area contributed by atoms with E-state index in [0.717, 1.165) is 34.8 Å². The zero-order valence-electron chi connectivity index (χ0n) is 15.0. The van der Waals surface area contributed by atoms with E-state index >= 15 is 0 Å². The molecule has 1 aromatic carbocycles. The highest BCUT2D eigenvalue weighted by Crippen LogP contribution is 2.38. The van der Waals surface area contributed by atoms with Gasteiger partial charge in [-0.15, -0.1) is 0 Å². The van der Waals surface area contributed by atoms with E-state index < -0.39 is 0 Å². The summed E-state index contributed by atoms with van der Waals surface area (Å²) in [6.07, 6.45) is 2.27. The van der Waals surface area contributed by atoms with E-state index in [4.69, 9.17) is 12.2 Å². The Balaban J connectivity index is 2.10. The van der Waals surface area contributed by atoms with Gasteiger partial charge in [0.15, 0.2) is 5.11 Å². The highest BCUT2D eigenvalue weighted by atomic mass is 32.1. The number of hydrogen-bond acceptors (Lipinski definition) is 2. The highest BCUT2D eigenvalue weighted by Gasteiger charge is 2.40. The summed E-state index contributed by atoms with van der Waals surface area (Å²) in [5, 5.41) is 4.15. The van der Waals surface area contributed by atoms with Crippen LogP contribution >= 0.6 is 12.2 Å². The minimum absolute atomic E-state index is 0.0383. The number of likely N-dealkylation sites (N-methyl/N-ethyl adjacent to an activating group) is 1. The highest BCUT2D eigenvalue weighted by molar-refractivity contribution is 7.80. The molecule has 24 heavy (non-hydrogen) atoms. The molecular formula is C19H25N3OS. The number of aryl methyl sites for hydroxylation is 2. The molecular weight excluding hydrogens is 318 g/mol. The lowest BCUT2D eigenvalue weighted by Crippen LogP contribution is -2.49. The zero-order chi connectivity index (χ0) is 17.6. The van der Waals surface area contributed by atoms with Gasteiger partial charge in [-0.2, -0.15) is 0 Å². The van der Waals surface area contributed by atoms with Crippen molar-refractivity contribution in [2.45, 2.75) is 45.7 Å². The van der Waals surface area contributed by atoms with Crippen LogP contribution in [0.2, 0.25) is 0 Å². The van der Waals surface area contributed by atoms with E-state index in [0.29, 0.717) is 6.04 Å². The molecule has 1 aromatic rings. The maximum Gasteiger partial charge on any atom is 0.253 e. The summed E-state index contributed by atoms with van der Waals surface area (Å²) in [6.45, 7) is 6.22. The average molecular weight is 343 g/mol. The number of rotatable bonds is 3. The maximum absolute atomic E-state index is 12.9. The molecule has 1 aliphatic carbocycles. The van der Waals surface area contributed by atoms with Gasteiger partial charge in [-0.25, -0.2) is 0 Å². The van der Waals surface area contributed by atoms with Crippen LogP contribution in [0.3, 0.4) is 0 Å². The predicted octanol–water partition coefficient (Wildman–Crippen LogP) is 3.06. The number of allylic oxidation sites excluding steroid dienone is 1. The van der Waals surface area contributed by atoms with Crippen LogP contribution in [0.1, 0.15) is 42.5 Å². The van der Waals surface area contributed by atoms with Gasteiger partial charge in [-0.1, -0.05) is 18.2 Å². The van der Waals surface area contributed by atoms with Gasteiger partial charge in [0.1, 0.15) is 0 Å². The van der Waals surface area contributed by atoms with E-state index in [-0.39, 0.29) is 11.9 Å². The summed E-state index contributed by atoms with van der Waals surface area (Å²) >= 11 is 5.62. The summed E-state index contributed by atoms with van der Waals surface area (Å²) in [5.74, 6) is 0.0383. The third-order valence-electron chi connectivity index (χ3n) is 4.94. The Bertz CT molecular complexity index is 734. The first-order valence-electron chi connectivity index (χ1n) is 8.40. The Morgan fingerprint density at radius 2 is 1.88 bits per heavy atom. The molecule has 0 radical (unpaired) electrons. The molecule has 4 nitrogen and oxygen atoms in total. The molecule has 0 unspecified atom stereocenters. The normalized spacial score (nSPS) is 21.0. The second-order valence-corrected chi connectivity index (χ2v) is 7.41. The molecule has 128 valence electrons. The van der Waals surface area contributed by atoms with Crippen LogP contribution in [0.25, 0.3) is 0 Å². The van der Waals surface area contributed by atoms with Gasteiger partial charge in [-0.05, 0) is 62.5 Å². The Labute approximate surface area is 149 Å². The van der Waals surface area contributed by atoms with Crippen molar-refractivity contribution in [3.8, 4) is 0 Å². The minimum Gasteiger partial charge on any atom is -0.351 e. The predicted molar refractivity (Wildman–Crippen MR) is 101 cm³/mol. The lowest BCUT2D eigenvalue weighted by molar-refractivity contribution is -0.125. The van der Waals surface area contributed by atoms with Gasteiger partial charge in [0, 0.05) is 25.8 Å². The maximum atomic E-state index is 12.9. The van der Waals surface area contributed by atoms with E-state index in [9.17, 15) is 4.79 Å². The molecule has 0 saturated heterocycles. The summed E-state index contributed by atoms with van der Waals surface area (Å²) < 4.78 is 0. The quantitative estimate of drug-likeness (QED) is 0.856.